The van der Waals surface area contributed by atoms with Crippen LogP contribution < -0.4 is 0 Å². The van der Waals surface area contributed by atoms with Gasteiger partial charge in [0.25, 0.3) is 0 Å². The van der Waals surface area contributed by atoms with E-state index in [1.807, 2.05) is 35.2 Å². The summed E-state index contributed by atoms with van der Waals surface area (Å²) in [6, 6.07) is 9.73. The highest BCUT2D eigenvalue weighted by Crippen LogP contribution is 2.21. The lowest BCUT2D eigenvalue weighted by Gasteiger charge is -2.29. The number of carbonyl (C=O) groups is 2. The summed E-state index contributed by atoms with van der Waals surface area (Å²) in [6.07, 6.45) is 2.73. The second-order valence-corrected chi connectivity index (χ2v) is 5.48. The second-order valence-electron chi connectivity index (χ2n) is 5.48. The van der Waals surface area contributed by atoms with Crippen molar-refractivity contribution in [3.05, 3.63) is 47.7 Å². The Kier molecular flexibility index (Phi) is 9.32. The predicted molar refractivity (Wildman–Crippen MR) is 94.8 cm³/mol. The predicted octanol–water partition coefficient (Wildman–Crippen LogP) is 2.71. The molecule has 138 valence electrons. The lowest BCUT2D eigenvalue weighted by atomic mass is 10.1. The lowest BCUT2D eigenvalue weighted by molar-refractivity contribution is -0.140. The molecule has 0 fully saturated rings. The Morgan fingerprint density at radius 2 is 1.80 bits per heavy atom. The number of rotatable bonds is 10. The minimum atomic E-state index is -0.601. The molecule has 25 heavy (non-hydrogen) atoms. The summed E-state index contributed by atoms with van der Waals surface area (Å²) in [6.45, 7) is 3.07. The molecule has 1 rings (SSSR count). The number of carbonyl (C=O) groups excluding carboxylic acids is 2. The molecule has 0 saturated carbocycles. The molecule has 0 aliphatic heterocycles. The van der Waals surface area contributed by atoms with Crippen molar-refractivity contribution in [3.63, 3.8) is 0 Å². The second kappa shape index (κ2) is 11.3. The zero-order chi connectivity index (χ0) is 18.7. The monoisotopic (exact) mass is 349 g/mol. The van der Waals surface area contributed by atoms with Gasteiger partial charge in [0, 0.05) is 20.2 Å². The Bertz CT molecular complexity index is 570. The smallest absolute Gasteiger partial charge is 0.354 e. The first-order chi connectivity index (χ1) is 12.1. The molecular formula is C19H27NO5. The quantitative estimate of drug-likeness (QED) is 0.478. The van der Waals surface area contributed by atoms with Crippen LogP contribution in [0.2, 0.25) is 0 Å². The number of esters is 2. The normalized spacial score (nSPS) is 12.4. The fraction of sp³-hybridized carbons (Fsp3) is 0.474. The molecule has 1 unspecified atom stereocenters. The first-order valence-electron chi connectivity index (χ1n) is 8.28. The number of nitrogens with zero attached hydrogens (tertiary/aromatic N) is 1. The van der Waals surface area contributed by atoms with Crippen LogP contribution in [0.1, 0.15) is 31.4 Å². The molecule has 6 nitrogen and oxygen atoms in total. The highest BCUT2D eigenvalue weighted by molar-refractivity contribution is 5.95. The Hall–Kier alpha value is -2.34. The molecule has 0 bridgehead atoms. The number of ether oxygens (including phenoxy) is 3. The fourth-order valence-electron chi connectivity index (χ4n) is 2.40. The van der Waals surface area contributed by atoms with Crippen LogP contribution >= 0.6 is 0 Å². The SMILES string of the molecule is CCCCN(CC(OC)c1ccccc1)/C(=C/C(=O)OC)C(=O)OC. The van der Waals surface area contributed by atoms with Gasteiger partial charge in [0.15, 0.2) is 0 Å². The van der Waals surface area contributed by atoms with Crippen molar-refractivity contribution in [2.24, 2.45) is 0 Å². The number of methoxy groups -OCH3 is 3. The molecule has 6 heteroatoms. The van der Waals surface area contributed by atoms with Crippen LogP contribution in [0.4, 0.5) is 0 Å². The molecule has 0 heterocycles. The van der Waals surface area contributed by atoms with Crippen molar-refractivity contribution in [1.82, 2.24) is 4.90 Å². The first-order valence-corrected chi connectivity index (χ1v) is 8.28. The average molecular weight is 349 g/mol. The van der Waals surface area contributed by atoms with E-state index < -0.39 is 11.9 Å². The van der Waals surface area contributed by atoms with Crippen molar-refractivity contribution in [3.8, 4) is 0 Å². The van der Waals surface area contributed by atoms with E-state index in [0.29, 0.717) is 13.1 Å². The minimum absolute atomic E-state index is 0.167. The number of benzene rings is 1. The fourth-order valence-corrected chi connectivity index (χ4v) is 2.40. The van der Waals surface area contributed by atoms with Gasteiger partial charge < -0.3 is 19.1 Å². The van der Waals surface area contributed by atoms with E-state index >= 15 is 0 Å². The van der Waals surface area contributed by atoms with Gasteiger partial charge in [-0.15, -0.1) is 0 Å². The van der Waals surface area contributed by atoms with Gasteiger partial charge >= 0.3 is 11.9 Å². The van der Waals surface area contributed by atoms with Crippen molar-refractivity contribution in [1.29, 1.82) is 0 Å². The standard InChI is InChI=1S/C19H27NO5/c1-5-6-12-20(16(19(22)25-4)13-18(21)24-3)14-17(23-2)15-10-8-7-9-11-15/h7-11,13,17H,5-6,12,14H2,1-4H3/b16-13+. The van der Waals surface area contributed by atoms with Crippen LogP contribution in [0.25, 0.3) is 0 Å². The third kappa shape index (κ3) is 6.58. The first kappa shape index (κ1) is 20.7. The van der Waals surface area contributed by atoms with Crippen LogP contribution in [0.3, 0.4) is 0 Å². The third-order valence-electron chi connectivity index (χ3n) is 3.81. The van der Waals surface area contributed by atoms with E-state index in [1.54, 1.807) is 7.11 Å². The summed E-state index contributed by atoms with van der Waals surface area (Å²) in [5.41, 5.74) is 1.16. The van der Waals surface area contributed by atoms with Crippen molar-refractivity contribution in [2.45, 2.75) is 25.9 Å². The summed E-state index contributed by atoms with van der Waals surface area (Å²) >= 11 is 0. The molecule has 0 aliphatic rings. The van der Waals surface area contributed by atoms with E-state index in [1.165, 1.54) is 20.3 Å². The molecule has 0 amide bonds. The summed E-state index contributed by atoms with van der Waals surface area (Å²) in [7, 11) is 4.18. The molecule has 0 N–H and O–H groups in total. The topological polar surface area (TPSA) is 65.1 Å². The van der Waals surface area contributed by atoms with E-state index in [0.717, 1.165) is 18.4 Å². The molecular weight excluding hydrogens is 322 g/mol. The zero-order valence-corrected chi connectivity index (χ0v) is 15.4. The van der Waals surface area contributed by atoms with Crippen LogP contribution in [-0.4, -0.2) is 51.3 Å². The highest BCUT2D eigenvalue weighted by atomic mass is 16.5. The number of hydrogen-bond donors (Lipinski definition) is 0. The summed E-state index contributed by atoms with van der Waals surface area (Å²) < 4.78 is 15.1. The van der Waals surface area contributed by atoms with Crippen molar-refractivity contribution < 1.29 is 23.8 Å². The van der Waals surface area contributed by atoms with Gasteiger partial charge in [-0.2, -0.15) is 0 Å². The van der Waals surface area contributed by atoms with E-state index in [2.05, 4.69) is 11.7 Å². The Balaban J connectivity index is 3.12. The minimum Gasteiger partial charge on any atom is -0.466 e. The number of hydrogen-bond acceptors (Lipinski definition) is 6. The molecule has 0 aliphatic carbocycles. The zero-order valence-electron chi connectivity index (χ0n) is 15.4. The van der Waals surface area contributed by atoms with E-state index in [-0.39, 0.29) is 11.8 Å². The van der Waals surface area contributed by atoms with Gasteiger partial charge in [-0.3, -0.25) is 0 Å². The molecule has 0 saturated heterocycles. The van der Waals surface area contributed by atoms with Gasteiger partial charge in [0.1, 0.15) is 5.70 Å². The van der Waals surface area contributed by atoms with E-state index in [4.69, 9.17) is 9.47 Å². The summed E-state index contributed by atoms with van der Waals surface area (Å²) in [4.78, 5) is 25.7. The van der Waals surface area contributed by atoms with Gasteiger partial charge in [-0.25, -0.2) is 9.59 Å². The van der Waals surface area contributed by atoms with Crippen LogP contribution in [-0.2, 0) is 23.8 Å². The summed E-state index contributed by atoms with van der Waals surface area (Å²) in [5, 5.41) is 0. The molecule has 1 atom stereocenters. The molecule has 1 aromatic carbocycles. The van der Waals surface area contributed by atoms with Gasteiger partial charge in [-0.1, -0.05) is 43.7 Å². The Morgan fingerprint density at radius 1 is 1.12 bits per heavy atom. The summed E-state index contributed by atoms with van der Waals surface area (Å²) in [5.74, 6) is -1.18. The number of unbranched alkanes of at least 4 members (excludes halogenated alkanes) is 1. The average Bonchev–Trinajstić information content (AvgIpc) is 2.66. The maximum Gasteiger partial charge on any atom is 0.354 e. The van der Waals surface area contributed by atoms with Crippen molar-refractivity contribution >= 4 is 11.9 Å². The van der Waals surface area contributed by atoms with Gasteiger partial charge in [0.2, 0.25) is 0 Å². The van der Waals surface area contributed by atoms with Crippen molar-refractivity contribution in [2.75, 3.05) is 34.4 Å². The van der Waals surface area contributed by atoms with Crippen LogP contribution in [0, 0.1) is 0 Å². The molecule has 0 radical (unpaired) electrons. The van der Waals surface area contributed by atoms with Gasteiger partial charge in [-0.05, 0) is 12.0 Å². The highest BCUT2D eigenvalue weighted by Gasteiger charge is 2.23. The maximum absolute atomic E-state index is 12.2. The Labute approximate surface area is 149 Å². The van der Waals surface area contributed by atoms with Crippen LogP contribution in [0.15, 0.2) is 42.1 Å². The lowest BCUT2D eigenvalue weighted by Crippen LogP contribution is -2.34. The van der Waals surface area contributed by atoms with Gasteiger partial charge in [0.05, 0.1) is 26.4 Å². The van der Waals surface area contributed by atoms with E-state index in [9.17, 15) is 9.59 Å². The van der Waals surface area contributed by atoms with Crippen LogP contribution in [0.5, 0.6) is 0 Å². The molecule has 0 spiro atoms. The molecule has 1 aromatic rings. The maximum atomic E-state index is 12.2. The third-order valence-corrected chi connectivity index (χ3v) is 3.81. The Morgan fingerprint density at radius 3 is 2.32 bits per heavy atom. The largest absolute Gasteiger partial charge is 0.466 e. The molecule has 0 aromatic heterocycles.